The fourth-order valence-corrected chi connectivity index (χ4v) is 11.0. The Morgan fingerprint density at radius 2 is 1.75 bits per heavy atom. The molecular weight excluding hydrogens is 621 g/mol. The van der Waals surface area contributed by atoms with Gasteiger partial charge in [-0.2, -0.15) is 0 Å². The number of benzene rings is 1. The first kappa shape index (κ1) is 31.5. The summed E-state index contributed by atoms with van der Waals surface area (Å²) in [5, 5.41) is 0. The van der Waals surface area contributed by atoms with Crippen molar-refractivity contribution in [2.24, 2.45) is 29.6 Å². The summed E-state index contributed by atoms with van der Waals surface area (Å²) in [5.41, 5.74) is 10.3. The average Bonchev–Trinajstić information content (AvgIpc) is 3.75. The first-order chi connectivity index (χ1) is 25.3. The van der Waals surface area contributed by atoms with E-state index >= 15 is 0 Å². The van der Waals surface area contributed by atoms with Crippen molar-refractivity contribution in [3.63, 3.8) is 0 Å². The van der Waals surface area contributed by atoms with Gasteiger partial charge in [0.1, 0.15) is 11.9 Å². The third-order valence-electron chi connectivity index (χ3n) is 13.4. The Balaban J connectivity index is 1.08. The van der Waals surface area contributed by atoms with Crippen molar-refractivity contribution in [2.75, 3.05) is 4.90 Å². The van der Waals surface area contributed by atoms with E-state index in [-0.39, 0.29) is 12.0 Å². The molecule has 7 unspecified atom stereocenters. The van der Waals surface area contributed by atoms with Gasteiger partial charge in [0.25, 0.3) is 0 Å². The van der Waals surface area contributed by atoms with Crippen molar-refractivity contribution in [1.82, 2.24) is 4.90 Å². The molecule has 51 heavy (non-hydrogen) atoms. The van der Waals surface area contributed by atoms with Gasteiger partial charge in [0.2, 0.25) is 0 Å². The van der Waals surface area contributed by atoms with Crippen molar-refractivity contribution >= 4 is 5.69 Å². The molecule has 0 amide bonds. The maximum absolute atomic E-state index is 6.70. The summed E-state index contributed by atoms with van der Waals surface area (Å²) < 4.78 is 6.70. The van der Waals surface area contributed by atoms with Crippen LogP contribution in [0.25, 0.3) is 0 Å². The van der Waals surface area contributed by atoms with E-state index in [2.05, 4.69) is 131 Å². The lowest BCUT2D eigenvalue weighted by molar-refractivity contribution is 0.148. The second-order valence-electron chi connectivity index (χ2n) is 16.2. The number of allylic oxidation sites excluding steroid dienone is 15. The standard InChI is InChI=1S/C48H52N2O/c1-4-14-33(15-5-1)35-18-12-21-38(30-35)49(45-23-13-25-47-48(45)40-22-10-11-24-46(40)51-47)39-27-29-44-42(32-39)41-31-36(34-16-6-2-7-17-34)26-28-43(41)50(44)37-19-8-3-9-20-37/h1,3-4,6,8-10,13,16,19-23,25-26,28,30-34,41-44,47-48H,2,5,7,11-12,14-15,17-18,24,27,29H2/t33-,34?,41?,42?,43?,44?,47?,48?/m1/s1. The highest BCUT2D eigenvalue weighted by molar-refractivity contribution is 5.56. The highest BCUT2D eigenvalue weighted by Gasteiger charge is 2.50. The fraction of sp³-hybridized carbons (Fsp3) is 0.417. The van der Waals surface area contributed by atoms with E-state index in [4.69, 9.17) is 4.74 Å². The quantitative estimate of drug-likeness (QED) is 0.280. The summed E-state index contributed by atoms with van der Waals surface area (Å²) >= 11 is 0. The molecule has 3 nitrogen and oxygen atoms in total. The molecule has 1 fully saturated rings. The summed E-state index contributed by atoms with van der Waals surface area (Å²) in [6.07, 6.45) is 51.3. The maximum atomic E-state index is 6.70. The van der Waals surface area contributed by atoms with Crippen molar-refractivity contribution in [2.45, 2.75) is 95.2 Å². The average molecular weight is 673 g/mol. The second-order valence-corrected chi connectivity index (χ2v) is 16.2. The van der Waals surface area contributed by atoms with Crippen LogP contribution >= 0.6 is 0 Å². The van der Waals surface area contributed by atoms with Gasteiger partial charge in [0.05, 0.1) is 12.0 Å². The lowest BCUT2D eigenvalue weighted by Crippen LogP contribution is -2.40. The molecule has 1 aromatic rings. The number of hydrogen-bond acceptors (Lipinski definition) is 3. The molecule has 2 heterocycles. The number of hydrogen-bond donors (Lipinski definition) is 0. The van der Waals surface area contributed by atoms with E-state index in [9.17, 15) is 0 Å². The molecular formula is C48H52N2O. The molecule has 1 saturated heterocycles. The third-order valence-corrected chi connectivity index (χ3v) is 13.4. The number of nitrogens with zero attached hydrogens (tertiary/aromatic N) is 2. The van der Waals surface area contributed by atoms with Gasteiger partial charge in [-0.15, -0.1) is 0 Å². The molecule has 0 aromatic heterocycles. The maximum Gasteiger partial charge on any atom is 0.129 e. The van der Waals surface area contributed by atoms with E-state index < -0.39 is 0 Å². The highest BCUT2D eigenvalue weighted by atomic mass is 16.5. The predicted molar refractivity (Wildman–Crippen MR) is 209 cm³/mol. The zero-order chi connectivity index (χ0) is 33.7. The van der Waals surface area contributed by atoms with E-state index in [1.54, 1.807) is 5.57 Å². The topological polar surface area (TPSA) is 15.7 Å². The summed E-state index contributed by atoms with van der Waals surface area (Å²) in [7, 11) is 0. The monoisotopic (exact) mass is 672 g/mol. The Bertz CT molecular complexity index is 1890. The van der Waals surface area contributed by atoms with Gasteiger partial charge in [0.15, 0.2) is 0 Å². The summed E-state index contributed by atoms with van der Waals surface area (Å²) in [6, 6.07) is 12.1. The lowest BCUT2D eigenvalue weighted by Gasteiger charge is -2.41. The van der Waals surface area contributed by atoms with Gasteiger partial charge in [-0.3, -0.25) is 0 Å². The van der Waals surface area contributed by atoms with Gasteiger partial charge in [-0.1, -0.05) is 96.7 Å². The minimum Gasteiger partial charge on any atom is -0.489 e. The van der Waals surface area contributed by atoms with Crippen LogP contribution in [0, 0.1) is 29.6 Å². The van der Waals surface area contributed by atoms with Crippen LogP contribution in [0.5, 0.6) is 0 Å². The largest absolute Gasteiger partial charge is 0.489 e. The zero-order valence-electron chi connectivity index (χ0n) is 30.0. The van der Waals surface area contributed by atoms with Crippen LogP contribution in [0.2, 0.25) is 0 Å². The molecule has 10 rings (SSSR count). The van der Waals surface area contributed by atoms with Crippen LogP contribution < -0.4 is 4.90 Å². The molecule has 260 valence electrons. The van der Waals surface area contributed by atoms with E-state index in [0.29, 0.717) is 35.8 Å². The van der Waals surface area contributed by atoms with E-state index in [1.807, 2.05) is 0 Å². The van der Waals surface area contributed by atoms with E-state index in [1.165, 1.54) is 84.6 Å². The fourth-order valence-electron chi connectivity index (χ4n) is 11.0. The van der Waals surface area contributed by atoms with Crippen molar-refractivity contribution in [1.29, 1.82) is 0 Å². The molecule has 0 spiro atoms. The molecule has 0 N–H and O–H groups in total. The Kier molecular flexibility index (Phi) is 8.27. The Morgan fingerprint density at radius 3 is 2.63 bits per heavy atom. The summed E-state index contributed by atoms with van der Waals surface area (Å²) in [4.78, 5) is 5.53. The molecule has 8 atom stereocenters. The van der Waals surface area contributed by atoms with Gasteiger partial charge in [-0.05, 0) is 112 Å². The van der Waals surface area contributed by atoms with Gasteiger partial charge < -0.3 is 14.5 Å². The van der Waals surface area contributed by atoms with Gasteiger partial charge in [-0.25, -0.2) is 0 Å². The Labute approximate surface area is 305 Å². The minimum absolute atomic E-state index is 0.0789. The number of ether oxygens (including phenoxy) is 1. The predicted octanol–water partition coefficient (Wildman–Crippen LogP) is 11.3. The van der Waals surface area contributed by atoms with Gasteiger partial charge >= 0.3 is 0 Å². The normalized spacial score (nSPS) is 34.7. The number of para-hydroxylation sites is 1. The molecule has 1 aromatic carbocycles. The van der Waals surface area contributed by atoms with Crippen LogP contribution in [0.3, 0.4) is 0 Å². The molecule has 0 bridgehead atoms. The number of fused-ring (bicyclic) bond motifs is 5. The SMILES string of the molecule is C1=CC2OC3=C(C=CCC3)C2C(N(C2=CCCC([C@@H]3CC=CCC3)=C2)C2=CC3C4C=C(C5C=CCCC5)C=CC4N(c4ccccc4)C3CC2)=C1. The Morgan fingerprint density at radius 1 is 0.784 bits per heavy atom. The third kappa shape index (κ3) is 5.63. The molecule has 2 aliphatic heterocycles. The van der Waals surface area contributed by atoms with Crippen molar-refractivity contribution in [3.05, 3.63) is 161 Å². The molecule has 7 aliphatic carbocycles. The molecule has 9 aliphatic rings. The summed E-state index contributed by atoms with van der Waals surface area (Å²) in [5.74, 6) is 3.58. The minimum atomic E-state index is 0.0789. The zero-order valence-corrected chi connectivity index (χ0v) is 30.0. The van der Waals surface area contributed by atoms with Crippen LogP contribution in [-0.2, 0) is 4.74 Å². The van der Waals surface area contributed by atoms with Gasteiger partial charge in [0, 0.05) is 58.6 Å². The van der Waals surface area contributed by atoms with Crippen LogP contribution in [0.1, 0.15) is 77.0 Å². The second kappa shape index (κ2) is 13.4. The number of anilines is 1. The first-order valence-electron chi connectivity index (χ1n) is 20.2. The molecule has 3 heteroatoms. The van der Waals surface area contributed by atoms with Crippen LogP contribution in [-0.4, -0.2) is 23.1 Å². The van der Waals surface area contributed by atoms with Crippen LogP contribution in [0.15, 0.2) is 161 Å². The lowest BCUT2D eigenvalue weighted by atomic mass is 9.76. The molecule has 0 saturated carbocycles. The number of rotatable bonds is 6. The smallest absolute Gasteiger partial charge is 0.129 e. The van der Waals surface area contributed by atoms with E-state index in [0.717, 1.165) is 32.1 Å². The van der Waals surface area contributed by atoms with Crippen molar-refractivity contribution < 1.29 is 4.74 Å². The van der Waals surface area contributed by atoms with Crippen molar-refractivity contribution in [3.8, 4) is 0 Å². The summed E-state index contributed by atoms with van der Waals surface area (Å²) in [6.45, 7) is 0. The first-order valence-corrected chi connectivity index (χ1v) is 20.2. The Hall–Kier alpha value is -4.24. The van der Waals surface area contributed by atoms with Crippen LogP contribution in [0.4, 0.5) is 5.69 Å². The molecule has 0 radical (unpaired) electrons. The highest BCUT2D eigenvalue weighted by Crippen LogP contribution is 2.52.